The first-order valence-corrected chi connectivity index (χ1v) is 12.0. The van der Waals surface area contributed by atoms with E-state index in [0.717, 1.165) is 12.1 Å². The number of hydrogen-bond donors (Lipinski definition) is 2. The number of benzene rings is 2. The highest BCUT2D eigenvalue weighted by Gasteiger charge is 2.36. The van der Waals surface area contributed by atoms with Gasteiger partial charge in [0.1, 0.15) is 0 Å². The van der Waals surface area contributed by atoms with Crippen LogP contribution in [0.1, 0.15) is 35.0 Å². The summed E-state index contributed by atoms with van der Waals surface area (Å²) in [6.07, 6.45) is 1.38. The summed E-state index contributed by atoms with van der Waals surface area (Å²) in [7, 11) is 0. The minimum atomic E-state index is -1.59. The fraction of sp³-hybridized carbons (Fsp3) is 0.308. The standard InChI is InChI=1S/C26H24F3N5O4/c1-14-11-34-22(13-32(14)23(35)8-15-6-18(27)25(29)19(28)7-15)21(10-30-34)33-12-16(9-24(33)36)31-20-5-3-2-4-17(20)26(37)38/h2-7,10,14,16,31H,8-9,11-13H2,1H3,(H,37,38)/t14-,16?/m0/s1. The summed E-state index contributed by atoms with van der Waals surface area (Å²) in [4.78, 5) is 40.6. The number of amides is 2. The normalized spacial score (nSPS) is 19.0. The van der Waals surface area contributed by atoms with Gasteiger partial charge in [-0.2, -0.15) is 5.10 Å². The van der Waals surface area contributed by atoms with Gasteiger partial charge in [0.2, 0.25) is 11.8 Å². The van der Waals surface area contributed by atoms with E-state index in [2.05, 4.69) is 10.4 Å². The van der Waals surface area contributed by atoms with Crippen LogP contribution in [0.15, 0.2) is 42.6 Å². The van der Waals surface area contributed by atoms with E-state index in [1.54, 1.807) is 38.9 Å². The van der Waals surface area contributed by atoms with Gasteiger partial charge < -0.3 is 20.2 Å². The van der Waals surface area contributed by atoms with Crippen molar-refractivity contribution in [2.45, 2.75) is 44.9 Å². The number of carbonyl (C=O) groups excluding carboxylic acids is 2. The first kappa shape index (κ1) is 25.3. The SMILES string of the molecule is C[C@H]1Cn2ncc(N3CC(Nc4ccccc4C(=O)O)CC3=O)c2CN1C(=O)Cc1cc(F)c(F)c(F)c1. The maximum absolute atomic E-state index is 13.6. The monoisotopic (exact) mass is 527 g/mol. The third-order valence-electron chi connectivity index (χ3n) is 6.87. The highest BCUT2D eigenvalue weighted by atomic mass is 19.2. The maximum atomic E-state index is 13.6. The van der Waals surface area contributed by atoms with Crippen molar-refractivity contribution in [3.63, 3.8) is 0 Å². The van der Waals surface area contributed by atoms with E-state index in [4.69, 9.17) is 0 Å². The van der Waals surface area contributed by atoms with Crippen LogP contribution >= 0.6 is 0 Å². The Kier molecular flexibility index (Phi) is 6.55. The number of hydrogen-bond acceptors (Lipinski definition) is 5. The molecule has 0 radical (unpaired) electrons. The average molecular weight is 528 g/mol. The molecule has 1 aromatic heterocycles. The van der Waals surface area contributed by atoms with Crippen LogP contribution < -0.4 is 10.2 Å². The van der Waals surface area contributed by atoms with Gasteiger partial charge in [-0.05, 0) is 36.8 Å². The van der Waals surface area contributed by atoms with E-state index in [1.165, 1.54) is 6.07 Å². The van der Waals surface area contributed by atoms with Crippen LogP contribution in [-0.2, 0) is 29.1 Å². The largest absolute Gasteiger partial charge is 0.478 e. The third kappa shape index (κ3) is 4.69. The molecule has 0 aliphatic carbocycles. The van der Waals surface area contributed by atoms with E-state index in [-0.39, 0.29) is 55.0 Å². The first-order valence-electron chi connectivity index (χ1n) is 12.0. The number of carbonyl (C=O) groups is 3. The van der Waals surface area contributed by atoms with Gasteiger partial charge in [0.15, 0.2) is 17.5 Å². The molecule has 1 unspecified atom stereocenters. The number of halogens is 3. The van der Waals surface area contributed by atoms with Crippen molar-refractivity contribution < 1.29 is 32.7 Å². The average Bonchev–Trinajstić information content (AvgIpc) is 3.43. The molecule has 9 nitrogen and oxygen atoms in total. The predicted octanol–water partition coefficient (Wildman–Crippen LogP) is 3.19. The molecule has 1 saturated heterocycles. The Morgan fingerprint density at radius 2 is 1.84 bits per heavy atom. The number of fused-ring (bicyclic) bond motifs is 1. The van der Waals surface area contributed by atoms with E-state index in [1.807, 2.05) is 6.92 Å². The van der Waals surface area contributed by atoms with Crippen molar-refractivity contribution in [1.82, 2.24) is 14.7 Å². The highest BCUT2D eigenvalue weighted by Crippen LogP contribution is 2.31. The molecule has 1 fully saturated rings. The molecular weight excluding hydrogens is 503 g/mol. The van der Waals surface area contributed by atoms with Crippen LogP contribution in [0.5, 0.6) is 0 Å². The summed E-state index contributed by atoms with van der Waals surface area (Å²) in [6.45, 7) is 2.55. The van der Waals surface area contributed by atoms with Crippen molar-refractivity contribution in [2.24, 2.45) is 0 Å². The third-order valence-corrected chi connectivity index (χ3v) is 6.87. The molecule has 12 heteroatoms. The molecule has 2 aromatic carbocycles. The van der Waals surface area contributed by atoms with Crippen LogP contribution in [0.4, 0.5) is 24.5 Å². The van der Waals surface area contributed by atoms with Crippen molar-refractivity contribution in [1.29, 1.82) is 0 Å². The van der Waals surface area contributed by atoms with Gasteiger partial charge >= 0.3 is 5.97 Å². The second kappa shape index (κ2) is 9.84. The van der Waals surface area contributed by atoms with Gasteiger partial charge in [0.05, 0.1) is 48.7 Å². The Morgan fingerprint density at radius 1 is 1.13 bits per heavy atom. The minimum Gasteiger partial charge on any atom is -0.478 e. The zero-order valence-electron chi connectivity index (χ0n) is 20.3. The molecule has 0 saturated carbocycles. The van der Waals surface area contributed by atoms with Crippen molar-refractivity contribution in [2.75, 3.05) is 16.8 Å². The fourth-order valence-electron chi connectivity index (χ4n) is 4.98. The number of nitrogens with one attached hydrogen (secondary N) is 1. The number of para-hydroxylation sites is 1. The molecule has 38 heavy (non-hydrogen) atoms. The first-order chi connectivity index (χ1) is 18.1. The van der Waals surface area contributed by atoms with Gasteiger partial charge in [-0.1, -0.05) is 12.1 Å². The Bertz CT molecular complexity index is 1420. The lowest BCUT2D eigenvalue weighted by Crippen LogP contribution is -2.46. The molecule has 2 aliphatic rings. The van der Waals surface area contributed by atoms with Gasteiger partial charge in [0, 0.05) is 24.7 Å². The van der Waals surface area contributed by atoms with Crippen molar-refractivity contribution in [3.8, 4) is 0 Å². The summed E-state index contributed by atoms with van der Waals surface area (Å²) in [5.74, 6) is -5.97. The number of aromatic carboxylic acids is 1. The number of carboxylic acid groups (broad SMARTS) is 1. The Labute approximate surface area is 215 Å². The van der Waals surface area contributed by atoms with Crippen LogP contribution in [0, 0.1) is 17.5 Å². The van der Waals surface area contributed by atoms with Gasteiger partial charge in [-0.3, -0.25) is 14.3 Å². The summed E-state index contributed by atoms with van der Waals surface area (Å²) >= 11 is 0. The minimum absolute atomic E-state index is 0.0168. The molecule has 0 spiro atoms. The summed E-state index contributed by atoms with van der Waals surface area (Å²) in [5, 5.41) is 17.0. The molecule has 2 atom stereocenters. The second-order valence-electron chi connectivity index (χ2n) is 9.48. The van der Waals surface area contributed by atoms with Crippen LogP contribution in [0.3, 0.4) is 0 Å². The highest BCUT2D eigenvalue weighted by molar-refractivity contribution is 5.98. The lowest BCUT2D eigenvalue weighted by molar-refractivity contribution is -0.134. The molecule has 2 aliphatic heterocycles. The van der Waals surface area contributed by atoms with Gasteiger partial charge in [0.25, 0.3) is 0 Å². The fourth-order valence-corrected chi connectivity index (χ4v) is 4.98. The number of nitrogens with zero attached hydrogens (tertiary/aromatic N) is 4. The molecule has 3 heterocycles. The number of carboxylic acids is 1. The number of anilines is 2. The molecule has 198 valence electrons. The zero-order chi connectivity index (χ0) is 27.1. The molecule has 0 bridgehead atoms. The molecule has 5 rings (SSSR count). The second-order valence-corrected chi connectivity index (χ2v) is 9.48. The van der Waals surface area contributed by atoms with E-state index in [0.29, 0.717) is 23.6 Å². The quantitative estimate of drug-likeness (QED) is 0.477. The van der Waals surface area contributed by atoms with Gasteiger partial charge in [-0.15, -0.1) is 0 Å². The van der Waals surface area contributed by atoms with E-state index in [9.17, 15) is 32.7 Å². The van der Waals surface area contributed by atoms with E-state index < -0.39 is 29.3 Å². The molecule has 3 aromatic rings. The summed E-state index contributed by atoms with van der Waals surface area (Å²) < 4.78 is 42.3. The molecule has 2 amide bonds. The summed E-state index contributed by atoms with van der Waals surface area (Å²) in [5.41, 5.74) is 1.70. The molecular formula is C26H24F3N5O4. The number of rotatable bonds is 6. The lowest BCUT2D eigenvalue weighted by atomic mass is 10.1. The van der Waals surface area contributed by atoms with Crippen molar-refractivity contribution >= 4 is 29.2 Å². The topological polar surface area (TPSA) is 108 Å². The lowest BCUT2D eigenvalue weighted by Gasteiger charge is -2.35. The molecule has 2 N–H and O–H groups in total. The predicted molar refractivity (Wildman–Crippen MR) is 130 cm³/mol. The van der Waals surface area contributed by atoms with Crippen LogP contribution in [0.25, 0.3) is 0 Å². The number of aromatic nitrogens is 2. The van der Waals surface area contributed by atoms with Crippen molar-refractivity contribution in [3.05, 3.63) is 76.9 Å². The van der Waals surface area contributed by atoms with Crippen LogP contribution in [-0.4, -0.2) is 56.2 Å². The van der Waals surface area contributed by atoms with Crippen LogP contribution in [0.2, 0.25) is 0 Å². The smallest absolute Gasteiger partial charge is 0.337 e. The maximum Gasteiger partial charge on any atom is 0.337 e. The Morgan fingerprint density at radius 3 is 2.55 bits per heavy atom. The Hall–Kier alpha value is -4.35. The Balaban J connectivity index is 1.32. The van der Waals surface area contributed by atoms with E-state index >= 15 is 0 Å². The zero-order valence-corrected chi connectivity index (χ0v) is 20.3. The summed E-state index contributed by atoms with van der Waals surface area (Å²) in [6, 6.07) is 7.43. The van der Waals surface area contributed by atoms with Gasteiger partial charge in [-0.25, -0.2) is 18.0 Å².